The lowest BCUT2D eigenvalue weighted by Crippen LogP contribution is -2.42. The molecule has 0 saturated carbocycles. The second kappa shape index (κ2) is 6.99. The fourth-order valence-electron chi connectivity index (χ4n) is 1.32. The molecule has 0 aromatic heterocycles. The van der Waals surface area contributed by atoms with E-state index < -0.39 is 35.4 Å². The summed E-state index contributed by atoms with van der Waals surface area (Å²) in [6, 6.07) is -0.526. The molecular weight excluding hydrogens is 338 g/mol. The molecule has 1 aromatic rings. The summed E-state index contributed by atoms with van der Waals surface area (Å²) in [5, 5.41) is 13.0. The molecule has 20 heavy (non-hydrogen) atoms. The number of rotatable bonds is 5. The standard InChI is InChI=1S/C12H11BrF2N2O3/c1-2-3-9(11(18)19)16-12(20)17-10-5-7(14)6(13)4-8(10)15/h2,4-5,9H,1,3H2,(H,18,19)(H2,16,17,20). The van der Waals surface area contributed by atoms with Gasteiger partial charge in [-0.2, -0.15) is 0 Å². The highest BCUT2D eigenvalue weighted by Crippen LogP contribution is 2.23. The van der Waals surface area contributed by atoms with Gasteiger partial charge in [-0.1, -0.05) is 6.08 Å². The van der Waals surface area contributed by atoms with Gasteiger partial charge in [-0.05, 0) is 28.4 Å². The maximum Gasteiger partial charge on any atom is 0.326 e. The van der Waals surface area contributed by atoms with Gasteiger partial charge in [0.25, 0.3) is 0 Å². The second-order valence-electron chi connectivity index (χ2n) is 3.76. The number of anilines is 1. The molecule has 1 aromatic carbocycles. The van der Waals surface area contributed by atoms with Gasteiger partial charge in [0.1, 0.15) is 17.7 Å². The van der Waals surface area contributed by atoms with E-state index in [0.29, 0.717) is 0 Å². The third-order valence-corrected chi connectivity index (χ3v) is 2.87. The first-order chi connectivity index (χ1) is 9.35. The molecule has 8 heteroatoms. The van der Waals surface area contributed by atoms with Crippen molar-refractivity contribution in [2.75, 3.05) is 5.32 Å². The highest BCUT2D eigenvalue weighted by Gasteiger charge is 2.19. The van der Waals surface area contributed by atoms with Crippen molar-refractivity contribution in [3.63, 3.8) is 0 Å². The maximum atomic E-state index is 13.5. The van der Waals surface area contributed by atoms with E-state index in [0.717, 1.165) is 12.1 Å². The van der Waals surface area contributed by atoms with E-state index in [2.05, 4.69) is 27.8 Å². The molecule has 0 spiro atoms. The Bertz CT molecular complexity index is 552. The van der Waals surface area contributed by atoms with Gasteiger partial charge in [-0.3, -0.25) is 0 Å². The predicted molar refractivity (Wildman–Crippen MR) is 72.5 cm³/mol. The van der Waals surface area contributed by atoms with Crippen LogP contribution in [0, 0.1) is 11.6 Å². The first-order valence-electron chi connectivity index (χ1n) is 5.41. The molecule has 0 saturated heterocycles. The minimum absolute atomic E-state index is 0.0000651. The fraction of sp³-hybridized carbons (Fsp3) is 0.167. The Morgan fingerprint density at radius 3 is 2.60 bits per heavy atom. The van der Waals surface area contributed by atoms with Crippen molar-refractivity contribution >= 4 is 33.6 Å². The molecule has 0 aliphatic rings. The number of carboxylic acids is 1. The molecule has 0 aliphatic heterocycles. The summed E-state index contributed by atoms with van der Waals surface area (Å²) in [4.78, 5) is 22.3. The lowest BCUT2D eigenvalue weighted by Gasteiger charge is -2.14. The molecule has 5 nitrogen and oxygen atoms in total. The van der Waals surface area contributed by atoms with Crippen molar-refractivity contribution in [3.8, 4) is 0 Å². The Morgan fingerprint density at radius 2 is 2.05 bits per heavy atom. The van der Waals surface area contributed by atoms with Crippen LogP contribution < -0.4 is 10.6 Å². The van der Waals surface area contributed by atoms with Crippen LogP contribution in [-0.4, -0.2) is 23.1 Å². The summed E-state index contributed by atoms with van der Waals surface area (Å²) in [6.45, 7) is 3.36. The third-order valence-electron chi connectivity index (χ3n) is 2.26. The van der Waals surface area contributed by atoms with Crippen molar-refractivity contribution in [2.45, 2.75) is 12.5 Å². The number of carbonyl (C=O) groups excluding carboxylic acids is 1. The zero-order valence-electron chi connectivity index (χ0n) is 10.1. The number of hydrogen-bond donors (Lipinski definition) is 3. The number of halogens is 3. The summed E-state index contributed by atoms with van der Waals surface area (Å²) in [5.41, 5.74) is -0.397. The van der Waals surface area contributed by atoms with Gasteiger partial charge in [0, 0.05) is 6.07 Å². The van der Waals surface area contributed by atoms with E-state index in [4.69, 9.17) is 5.11 Å². The van der Waals surface area contributed by atoms with Crippen molar-refractivity contribution in [1.29, 1.82) is 0 Å². The number of aliphatic carboxylic acids is 1. The lowest BCUT2D eigenvalue weighted by molar-refractivity contribution is -0.139. The van der Waals surface area contributed by atoms with Crippen LogP contribution in [0.2, 0.25) is 0 Å². The lowest BCUT2D eigenvalue weighted by atomic mass is 10.2. The number of benzene rings is 1. The Balaban J connectivity index is 2.78. The molecule has 1 rings (SSSR count). The normalized spacial score (nSPS) is 11.6. The molecule has 0 fully saturated rings. The Kier molecular flexibility index (Phi) is 5.63. The van der Waals surface area contributed by atoms with Crippen LogP contribution in [0.25, 0.3) is 0 Å². The Morgan fingerprint density at radius 1 is 1.40 bits per heavy atom. The largest absolute Gasteiger partial charge is 0.480 e. The molecule has 0 heterocycles. The van der Waals surface area contributed by atoms with Crippen LogP contribution in [0.1, 0.15) is 6.42 Å². The average Bonchev–Trinajstić information content (AvgIpc) is 2.35. The van der Waals surface area contributed by atoms with E-state index in [9.17, 15) is 18.4 Å². The third kappa shape index (κ3) is 4.30. The number of urea groups is 1. The molecule has 1 atom stereocenters. The van der Waals surface area contributed by atoms with E-state index >= 15 is 0 Å². The Hall–Kier alpha value is -1.96. The van der Waals surface area contributed by atoms with Crippen LogP contribution in [0.5, 0.6) is 0 Å². The Labute approximate surface area is 121 Å². The van der Waals surface area contributed by atoms with Gasteiger partial charge < -0.3 is 15.7 Å². The summed E-state index contributed by atoms with van der Waals surface area (Å²) in [5.74, 6) is -2.88. The first kappa shape index (κ1) is 16.1. The summed E-state index contributed by atoms with van der Waals surface area (Å²) < 4.78 is 26.6. The van der Waals surface area contributed by atoms with Crippen LogP contribution in [0.3, 0.4) is 0 Å². The summed E-state index contributed by atoms with van der Waals surface area (Å²) in [7, 11) is 0. The minimum atomic E-state index is -1.26. The second-order valence-corrected chi connectivity index (χ2v) is 4.61. The molecule has 0 bridgehead atoms. The number of hydrogen-bond acceptors (Lipinski definition) is 2. The van der Waals surface area contributed by atoms with Crippen LogP contribution in [0.15, 0.2) is 29.3 Å². The number of nitrogens with one attached hydrogen (secondary N) is 2. The van der Waals surface area contributed by atoms with E-state index in [-0.39, 0.29) is 10.9 Å². The molecule has 0 radical (unpaired) electrons. The van der Waals surface area contributed by atoms with Crippen molar-refractivity contribution < 1.29 is 23.5 Å². The van der Waals surface area contributed by atoms with Crippen LogP contribution in [-0.2, 0) is 4.79 Å². The van der Waals surface area contributed by atoms with Crippen molar-refractivity contribution in [1.82, 2.24) is 5.32 Å². The molecule has 2 amide bonds. The topological polar surface area (TPSA) is 78.4 Å². The quantitative estimate of drug-likeness (QED) is 0.565. The van der Waals surface area contributed by atoms with Gasteiger partial charge in [-0.15, -0.1) is 6.58 Å². The fourth-order valence-corrected chi connectivity index (χ4v) is 1.64. The van der Waals surface area contributed by atoms with Gasteiger partial charge >= 0.3 is 12.0 Å². The van der Waals surface area contributed by atoms with Gasteiger partial charge in [0.05, 0.1) is 10.2 Å². The van der Waals surface area contributed by atoms with Crippen molar-refractivity contribution in [3.05, 3.63) is 40.9 Å². The summed E-state index contributed by atoms with van der Waals surface area (Å²) >= 11 is 2.79. The highest BCUT2D eigenvalue weighted by atomic mass is 79.9. The number of carboxylic acid groups (broad SMARTS) is 1. The molecular formula is C12H11BrF2N2O3. The average molecular weight is 349 g/mol. The van der Waals surface area contributed by atoms with Crippen LogP contribution >= 0.6 is 15.9 Å². The summed E-state index contributed by atoms with van der Waals surface area (Å²) in [6.07, 6.45) is 1.32. The number of amides is 2. The smallest absolute Gasteiger partial charge is 0.326 e. The first-order valence-corrected chi connectivity index (χ1v) is 6.20. The van der Waals surface area contributed by atoms with Gasteiger partial charge in [-0.25, -0.2) is 18.4 Å². The SMILES string of the molecule is C=CCC(NC(=O)Nc1cc(F)c(Br)cc1F)C(=O)O. The molecule has 108 valence electrons. The molecule has 0 aliphatic carbocycles. The maximum absolute atomic E-state index is 13.5. The van der Waals surface area contributed by atoms with Crippen LogP contribution in [0.4, 0.5) is 19.3 Å². The zero-order chi connectivity index (χ0) is 15.3. The highest BCUT2D eigenvalue weighted by molar-refractivity contribution is 9.10. The van der Waals surface area contributed by atoms with Crippen molar-refractivity contribution in [2.24, 2.45) is 0 Å². The van der Waals surface area contributed by atoms with E-state index in [1.807, 2.05) is 5.32 Å². The minimum Gasteiger partial charge on any atom is -0.480 e. The zero-order valence-corrected chi connectivity index (χ0v) is 11.7. The molecule has 3 N–H and O–H groups in total. The van der Waals surface area contributed by atoms with E-state index in [1.54, 1.807) is 0 Å². The van der Waals surface area contributed by atoms with E-state index in [1.165, 1.54) is 6.08 Å². The monoisotopic (exact) mass is 348 g/mol. The molecule has 1 unspecified atom stereocenters. The predicted octanol–water partition coefficient (Wildman–Crippen LogP) is 2.88. The number of carbonyl (C=O) groups is 2. The van der Waals surface area contributed by atoms with Gasteiger partial charge in [0.15, 0.2) is 0 Å². The van der Waals surface area contributed by atoms with Gasteiger partial charge in [0.2, 0.25) is 0 Å².